The van der Waals surface area contributed by atoms with E-state index in [2.05, 4.69) is 15.0 Å². The first-order valence-electron chi connectivity index (χ1n) is 10.4. The molecular weight excluding hydrogens is 429 g/mol. The zero-order valence-corrected chi connectivity index (χ0v) is 18.4. The van der Waals surface area contributed by atoms with Crippen LogP contribution in [0.3, 0.4) is 0 Å². The van der Waals surface area contributed by atoms with Gasteiger partial charge in [-0.05, 0) is 46.7 Å². The second-order valence-corrected chi connectivity index (χ2v) is 8.99. The highest BCUT2D eigenvalue weighted by Crippen LogP contribution is 2.37. The number of benzene rings is 2. The molecule has 33 heavy (non-hydrogen) atoms. The van der Waals surface area contributed by atoms with E-state index in [0.29, 0.717) is 27.9 Å². The monoisotopic (exact) mass is 452 g/mol. The number of primary amides is 1. The Hall–Kier alpha value is -3.68. The summed E-state index contributed by atoms with van der Waals surface area (Å²) in [6.45, 7) is 5.99. The molecule has 0 radical (unpaired) electrons. The first kappa shape index (κ1) is 22.5. The van der Waals surface area contributed by atoms with Crippen molar-refractivity contribution >= 4 is 16.9 Å². The van der Waals surface area contributed by atoms with Gasteiger partial charge < -0.3 is 10.7 Å². The van der Waals surface area contributed by atoms with Gasteiger partial charge >= 0.3 is 6.18 Å². The quantitative estimate of drug-likeness (QED) is 0.421. The Morgan fingerprint density at radius 2 is 1.76 bits per heavy atom. The Morgan fingerprint density at radius 1 is 1.00 bits per heavy atom. The summed E-state index contributed by atoms with van der Waals surface area (Å²) < 4.78 is 42.3. The van der Waals surface area contributed by atoms with Gasteiger partial charge in [-0.15, -0.1) is 0 Å². The van der Waals surface area contributed by atoms with Crippen LogP contribution >= 0.6 is 0 Å². The number of halogens is 3. The largest absolute Gasteiger partial charge is 0.416 e. The Bertz CT molecular complexity index is 1350. The number of hydrogen-bond donors (Lipinski definition) is 2. The van der Waals surface area contributed by atoms with Gasteiger partial charge in [-0.3, -0.25) is 4.79 Å². The zero-order valence-electron chi connectivity index (χ0n) is 18.4. The van der Waals surface area contributed by atoms with Gasteiger partial charge in [-0.1, -0.05) is 45.0 Å². The van der Waals surface area contributed by atoms with Gasteiger partial charge in [0.1, 0.15) is 12.0 Å². The third kappa shape index (κ3) is 4.46. The SMILES string of the molecule is CC(C)(C)c1ccc(C(N)=O)c(Cc2ccc(-c3ncnc4[nH]ccc34)cc2C(F)(F)F)c1. The van der Waals surface area contributed by atoms with Crippen LogP contribution in [0.5, 0.6) is 0 Å². The van der Waals surface area contributed by atoms with Crippen molar-refractivity contribution in [2.24, 2.45) is 5.73 Å². The lowest BCUT2D eigenvalue weighted by Crippen LogP contribution is -2.18. The van der Waals surface area contributed by atoms with Crippen LogP contribution in [0.4, 0.5) is 13.2 Å². The lowest BCUT2D eigenvalue weighted by atomic mass is 9.83. The van der Waals surface area contributed by atoms with E-state index in [9.17, 15) is 18.0 Å². The molecule has 5 nitrogen and oxygen atoms in total. The maximum absolute atomic E-state index is 14.1. The van der Waals surface area contributed by atoms with Crippen LogP contribution in [0.15, 0.2) is 55.0 Å². The number of alkyl halides is 3. The van der Waals surface area contributed by atoms with Crippen molar-refractivity contribution in [3.05, 3.63) is 82.8 Å². The molecule has 8 heteroatoms. The number of nitrogens with zero attached hydrogens (tertiary/aromatic N) is 2. The van der Waals surface area contributed by atoms with Gasteiger partial charge in [0.15, 0.2) is 0 Å². The summed E-state index contributed by atoms with van der Waals surface area (Å²) in [7, 11) is 0. The first-order valence-corrected chi connectivity index (χ1v) is 10.4. The average Bonchev–Trinajstić information content (AvgIpc) is 3.21. The number of H-pyrrole nitrogens is 1. The van der Waals surface area contributed by atoms with E-state index < -0.39 is 17.6 Å². The molecule has 0 aliphatic rings. The molecule has 0 fully saturated rings. The maximum atomic E-state index is 14.1. The van der Waals surface area contributed by atoms with Gasteiger partial charge in [-0.2, -0.15) is 13.2 Å². The van der Waals surface area contributed by atoms with E-state index in [-0.39, 0.29) is 23.0 Å². The molecule has 3 N–H and O–H groups in total. The predicted octanol–water partition coefficient (Wildman–Crippen LogP) is 5.63. The van der Waals surface area contributed by atoms with Crippen LogP contribution in [-0.4, -0.2) is 20.9 Å². The van der Waals surface area contributed by atoms with Crippen molar-refractivity contribution in [2.75, 3.05) is 0 Å². The van der Waals surface area contributed by atoms with E-state index in [4.69, 9.17) is 5.73 Å². The third-order valence-corrected chi connectivity index (χ3v) is 5.66. The first-order chi connectivity index (χ1) is 15.4. The predicted molar refractivity (Wildman–Crippen MR) is 121 cm³/mol. The molecule has 4 aromatic rings. The van der Waals surface area contributed by atoms with E-state index in [1.807, 2.05) is 20.8 Å². The molecule has 0 aliphatic carbocycles. The number of aromatic amines is 1. The van der Waals surface area contributed by atoms with Crippen molar-refractivity contribution in [1.82, 2.24) is 15.0 Å². The highest BCUT2D eigenvalue weighted by atomic mass is 19.4. The number of hydrogen-bond acceptors (Lipinski definition) is 3. The molecule has 2 aromatic carbocycles. The van der Waals surface area contributed by atoms with E-state index in [1.165, 1.54) is 12.4 Å². The van der Waals surface area contributed by atoms with Crippen molar-refractivity contribution in [1.29, 1.82) is 0 Å². The van der Waals surface area contributed by atoms with Gasteiger partial charge in [0.25, 0.3) is 0 Å². The number of nitrogens with two attached hydrogens (primary N) is 1. The number of amides is 1. The van der Waals surface area contributed by atoms with Crippen molar-refractivity contribution in [3.8, 4) is 11.3 Å². The molecule has 0 unspecified atom stereocenters. The van der Waals surface area contributed by atoms with Gasteiger partial charge in [0.05, 0.1) is 11.3 Å². The number of aromatic nitrogens is 3. The minimum absolute atomic E-state index is 0.0548. The minimum atomic E-state index is -4.59. The van der Waals surface area contributed by atoms with Crippen LogP contribution < -0.4 is 5.73 Å². The van der Waals surface area contributed by atoms with Crippen LogP contribution in [0, 0.1) is 0 Å². The lowest BCUT2D eigenvalue weighted by molar-refractivity contribution is -0.138. The molecule has 0 saturated carbocycles. The van der Waals surface area contributed by atoms with E-state index >= 15 is 0 Å². The standard InChI is InChI=1S/C25H23F3N4O/c1-24(2,3)17-6-7-18(22(29)33)16(11-17)10-14-4-5-15(12-20(14)25(26,27)28)21-19-8-9-30-23(19)32-13-31-21/h4-9,11-13H,10H2,1-3H3,(H2,29,33)(H,30,31,32). The summed E-state index contributed by atoms with van der Waals surface area (Å²) in [6.07, 6.45) is -1.70. The summed E-state index contributed by atoms with van der Waals surface area (Å²) in [6, 6.07) is 11.0. The molecule has 1 amide bonds. The molecular formula is C25H23F3N4O. The third-order valence-electron chi connectivity index (χ3n) is 5.66. The molecule has 0 spiro atoms. The Kier molecular flexibility index (Phi) is 5.47. The Labute approximate surface area is 188 Å². The second-order valence-electron chi connectivity index (χ2n) is 8.99. The molecule has 0 atom stereocenters. The summed E-state index contributed by atoms with van der Waals surface area (Å²) >= 11 is 0. The molecule has 0 aliphatic heterocycles. The van der Waals surface area contributed by atoms with Crippen molar-refractivity contribution in [2.45, 2.75) is 38.8 Å². The molecule has 2 aromatic heterocycles. The average molecular weight is 452 g/mol. The summed E-state index contributed by atoms with van der Waals surface area (Å²) in [5.41, 5.74) is 7.42. The number of carbonyl (C=O) groups is 1. The lowest BCUT2D eigenvalue weighted by Gasteiger charge is -2.22. The normalized spacial score (nSPS) is 12.3. The molecule has 4 rings (SSSR count). The van der Waals surface area contributed by atoms with Gasteiger partial charge in [-0.25, -0.2) is 9.97 Å². The Balaban J connectivity index is 1.84. The molecule has 0 bridgehead atoms. The number of fused-ring (bicyclic) bond motifs is 1. The zero-order chi connectivity index (χ0) is 24.0. The fourth-order valence-electron chi connectivity index (χ4n) is 3.90. The molecule has 170 valence electrons. The second kappa shape index (κ2) is 8.03. The van der Waals surface area contributed by atoms with Crippen LogP contribution in [-0.2, 0) is 18.0 Å². The molecule has 0 saturated heterocycles. The fourth-order valence-corrected chi connectivity index (χ4v) is 3.90. The number of carbonyl (C=O) groups excluding carboxylic acids is 1. The fraction of sp³-hybridized carbons (Fsp3) is 0.240. The summed E-state index contributed by atoms with van der Waals surface area (Å²) in [5.74, 6) is -0.675. The van der Waals surface area contributed by atoms with E-state index in [0.717, 1.165) is 11.6 Å². The Morgan fingerprint density at radius 3 is 2.42 bits per heavy atom. The highest BCUT2D eigenvalue weighted by Gasteiger charge is 2.34. The summed E-state index contributed by atoms with van der Waals surface area (Å²) in [5, 5.41) is 0.632. The van der Waals surface area contributed by atoms with Crippen molar-refractivity contribution < 1.29 is 18.0 Å². The smallest absolute Gasteiger partial charge is 0.366 e. The van der Waals surface area contributed by atoms with E-state index in [1.54, 1.807) is 36.5 Å². The highest BCUT2D eigenvalue weighted by molar-refractivity contribution is 5.94. The minimum Gasteiger partial charge on any atom is -0.366 e. The maximum Gasteiger partial charge on any atom is 0.416 e. The van der Waals surface area contributed by atoms with Crippen LogP contribution in [0.1, 0.15) is 53.4 Å². The van der Waals surface area contributed by atoms with Gasteiger partial charge in [0, 0.05) is 22.7 Å². The van der Waals surface area contributed by atoms with Crippen LogP contribution in [0.2, 0.25) is 0 Å². The number of rotatable bonds is 4. The molecule has 2 heterocycles. The van der Waals surface area contributed by atoms with Crippen molar-refractivity contribution in [3.63, 3.8) is 0 Å². The topological polar surface area (TPSA) is 84.7 Å². The van der Waals surface area contributed by atoms with Crippen LogP contribution in [0.25, 0.3) is 22.3 Å². The summed E-state index contributed by atoms with van der Waals surface area (Å²) in [4.78, 5) is 23.2. The number of nitrogens with one attached hydrogen (secondary N) is 1. The van der Waals surface area contributed by atoms with Gasteiger partial charge in [0.2, 0.25) is 5.91 Å².